The van der Waals surface area contributed by atoms with E-state index in [1.54, 1.807) is 19.1 Å². The molecule has 1 aromatic carbocycles. The molecule has 1 atom stereocenters. The number of amides is 1. The number of benzene rings is 1. The number of rotatable bonds is 6. The molecule has 1 unspecified atom stereocenters. The topological polar surface area (TPSA) is 98.3 Å². The predicted molar refractivity (Wildman–Crippen MR) is 88.8 cm³/mol. The molecule has 6 heteroatoms. The summed E-state index contributed by atoms with van der Waals surface area (Å²) < 4.78 is 0. The number of nitrogens with zero attached hydrogens (tertiary/aromatic N) is 1. The van der Waals surface area contributed by atoms with Crippen LogP contribution in [0.3, 0.4) is 0 Å². The Morgan fingerprint density at radius 1 is 1.39 bits per heavy atom. The smallest absolute Gasteiger partial charge is 0.272 e. The Kier molecular flexibility index (Phi) is 6.10. The van der Waals surface area contributed by atoms with Crippen LogP contribution >= 0.6 is 0 Å². The molecule has 2 rings (SSSR count). The van der Waals surface area contributed by atoms with Crippen molar-refractivity contribution >= 4 is 11.6 Å². The fraction of sp³-hybridized carbons (Fsp3) is 0.588. The molecule has 0 bridgehead atoms. The molecule has 23 heavy (non-hydrogen) atoms. The highest BCUT2D eigenvalue weighted by atomic mass is 16.6. The van der Waals surface area contributed by atoms with Gasteiger partial charge in [0, 0.05) is 18.2 Å². The molecule has 1 aliphatic rings. The largest absolute Gasteiger partial charge is 0.351 e. The standard InChI is InChI=1S/C17H25N3O3/c1-12-14(8-5-9-16(12)20(22)23)11-19-17(21)15(18)10-13-6-3-2-4-7-13/h5,8-9,13,15H,2-4,6-7,10-11,18H2,1H3,(H,19,21). The normalized spacial score (nSPS) is 16.8. The second-order valence-electron chi connectivity index (χ2n) is 6.38. The number of nitro groups is 1. The monoisotopic (exact) mass is 319 g/mol. The molecule has 0 radical (unpaired) electrons. The van der Waals surface area contributed by atoms with Crippen LogP contribution in [0.5, 0.6) is 0 Å². The Balaban J connectivity index is 1.88. The van der Waals surface area contributed by atoms with E-state index in [2.05, 4.69) is 5.32 Å². The zero-order chi connectivity index (χ0) is 16.8. The molecule has 1 aromatic rings. The van der Waals surface area contributed by atoms with E-state index in [9.17, 15) is 14.9 Å². The summed E-state index contributed by atoms with van der Waals surface area (Å²) in [6.07, 6.45) is 6.78. The van der Waals surface area contributed by atoms with Gasteiger partial charge in [-0.15, -0.1) is 0 Å². The first kappa shape index (κ1) is 17.4. The lowest BCUT2D eigenvalue weighted by Gasteiger charge is -2.24. The van der Waals surface area contributed by atoms with Crippen molar-refractivity contribution in [1.82, 2.24) is 5.32 Å². The number of hydrogen-bond acceptors (Lipinski definition) is 4. The highest BCUT2D eigenvalue weighted by Crippen LogP contribution is 2.27. The Hall–Kier alpha value is -1.95. The summed E-state index contributed by atoms with van der Waals surface area (Å²) in [6.45, 7) is 1.96. The van der Waals surface area contributed by atoms with Crippen LogP contribution in [-0.2, 0) is 11.3 Å². The van der Waals surface area contributed by atoms with Gasteiger partial charge in [-0.2, -0.15) is 0 Å². The van der Waals surface area contributed by atoms with Crippen LogP contribution in [0, 0.1) is 23.0 Å². The van der Waals surface area contributed by atoms with Crippen LogP contribution in [0.15, 0.2) is 18.2 Å². The van der Waals surface area contributed by atoms with Gasteiger partial charge in [0.2, 0.25) is 5.91 Å². The fourth-order valence-electron chi connectivity index (χ4n) is 3.26. The molecule has 1 aliphatic carbocycles. The summed E-state index contributed by atoms with van der Waals surface area (Å²) >= 11 is 0. The van der Waals surface area contributed by atoms with Gasteiger partial charge in [0.05, 0.1) is 11.0 Å². The van der Waals surface area contributed by atoms with Gasteiger partial charge in [-0.05, 0) is 24.8 Å². The Morgan fingerprint density at radius 2 is 2.09 bits per heavy atom. The molecule has 6 nitrogen and oxygen atoms in total. The summed E-state index contributed by atoms with van der Waals surface area (Å²) in [4.78, 5) is 22.7. The van der Waals surface area contributed by atoms with Gasteiger partial charge in [0.1, 0.15) is 0 Å². The molecular formula is C17H25N3O3. The SMILES string of the molecule is Cc1c(CNC(=O)C(N)CC2CCCCC2)cccc1[N+](=O)[O-]. The van der Waals surface area contributed by atoms with Crippen molar-refractivity contribution in [3.05, 3.63) is 39.4 Å². The van der Waals surface area contributed by atoms with Crippen LogP contribution < -0.4 is 11.1 Å². The van der Waals surface area contributed by atoms with E-state index in [0.717, 1.165) is 24.8 Å². The van der Waals surface area contributed by atoms with Gasteiger partial charge >= 0.3 is 0 Å². The van der Waals surface area contributed by atoms with Gasteiger partial charge < -0.3 is 11.1 Å². The second-order valence-corrected chi connectivity index (χ2v) is 6.38. The first-order chi connectivity index (χ1) is 11.0. The maximum atomic E-state index is 12.2. The maximum absolute atomic E-state index is 12.2. The molecule has 1 amide bonds. The number of nitrogens with two attached hydrogens (primary N) is 1. The first-order valence-corrected chi connectivity index (χ1v) is 8.25. The molecule has 1 saturated carbocycles. The van der Waals surface area contributed by atoms with E-state index < -0.39 is 11.0 Å². The number of carbonyl (C=O) groups excluding carboxylic acids is 1. The van der Waals surface area contributed by atoms with E-state index in [1.807, 2.05) is 0 Å². The van der Waals surface area contributed by atoms with Crippen molar-refractivity contribution in [3.8, 4) is 0 Å². The maximum Gasteiger partial charge on any atom is 0.272 e. The van der Waals surface area contributed by atoms with E-state index in [1.165, 1.54) is 25.3 Å². The van der Waals surface area contributed by atoms with Gasteiger partial charge in [0.25, 0.3) is 5.69 Å². The molecule has 1 fully saturated rings. The molecule has 0 heterocycles. The summed E-state index contributed by atoms with van der Waals surface area (Å²) in [5.74, 6) is 0.366. The van der Waals surface area contributed by atoms with Crippen molar-refractivity contribution in [1.29, 1.82) is 0 Å². The van der Waals surface area contributed by atoms with Crippen LogP contribution in [0.1, 0.15) is 49.7 Å². The van der Waals surface area contributed by atoms with E-state index >= 15 is 0 Å². The van der Waals surface area contributed by atoms with Crippen molar-refractivity contribution in [2.45, 2.75) is 58.0 Å². The van der Waals surface area contributed by atoms with Gasteiger partial charge in [-0.25, -0.2) is 0 Å². The van der Waals surface area contributed by atoms with Crippen molar-refractivity contribution < 1.29 is 9.72 Å². The van der Waals surface area contributed by atoms with Gasteiger partial charge in [0.15, 0.2) is 0 Å². The molecular weight excluding hydrogens is 294 g/mol. The quantitative estimate of drug-likeness (QED) is 0.622. The minimum absolute atomic E-state index is 0.0725. The van der Waals surface area contributed by atoms with Crippen LogP contribution in [-0.4, -0.2) is 16.9 Å². The lowest BCUT2D eigenvalue weighted by molar-refractivity contribution is -0.385. The van der Waals surface area contributed by atoms with Crippen LogP contribution in [0.2, 0.25) is 0 Å². The zero-order valence-corrected chi connectivity index (χ0v) is 13.6. The average Bonchev–Trinajstić information content (AvgIpc) is 2.54. The number of nitro benzene ring substituents is 1. The number of hydrogen-bond donors (Lipinski definition) is 2. The molecule has 0 saturated heterocycles. The van der Waals surface area contributed by atoms with E-state index in [0.29, 0.717) is 11.5 Å². The third-order valence-corrected chi connectivity index (χ3v) is 4.72. The molecule has 0 spiro atoms. The molecule has 126 valence electrons. The Morgan fingerprint density at radius 3 is 2.74 bits per heavy atom. The number of nitrogens with one attached hydrogen (secondary N) is 1. The summed E-state index contributed by atoms with van der Waals surface area (Å²) in [5, 5.41) is 13.7. The zero-order valence-electron chi connectivity index (χ0n) is 13.6. The fourth-order valence-corrected chi connectivity index (χ4v) is 3.26. The molecule has 0 aliphatic heterocycles. The molecule has 3 N–H and O–H groups in total. The average molecular weight is 319 g/mol. The summed E-state index contributed by atoms with van der Waals surface area (Å²) in [7, 11) is 0. The summed E-state index contributed by atoms with van der Waals surface area (Å²) in [6, 6.07) is 4.39. The minimum Gasteiger partial charge on any atom is -0.351 e. The highest BCUT2D eigenvalue weighted by Gasteiger charge is 2.21. The van der Waals surface area contributed by atoms with Gasteiger partial charge in [-0.1, -0.05) is 44.2 Å². The Labute approximate surface area is 136 Å². The third-order valence-electron chi connectivity index (χ3n) is 4.72. The minimum atomic E-state index is -0.503. The van der Waals surface area contributed by atoms with Crippen molar-refractivity contribution in [2.24, 2.45) is 11.7 Å². The molecule has 0 aromatic heterocycles. The highest BCUT2D eigenvalue weighted by molar-refractivity contribution is 5.81. The lowest BCUT2D eigenvalue weighted by atomic mass is 9.85. The predicted octanol–water partition coefficient (Wildman–Crippen LogP) is 2.82. The van der Waals surface area contributed by atoms with Gasteiger partial charge in [-0.3, -0.25) is 14.9 Å². The second kappa shape index (κ2) is 8.06. The lowest BCUT2D eigenvalue weighted by Crippen LogP contribution is -2.41. The van der Waals surface area contributed by atoms with E-state index in [-0.39, 0.29) is 18.1 Å². The van der Waals surface area contributed by atoms with Crippen LogP contribution in [0.4, 0.5) is 5.69 Å². The third kappa shape index (κ3) is 4.76. The Bertz CT molecular complexity index is 568. The van der Waals surface area contributed by atoms with E-state index in [4.69, 9.17) is 5.73 Å². The van der Waals surface area contributed by atoms with Crippen molar-refractivity contribution in [3.63, 3.8) is 0 Å². The number of carbonyl (C=O) groups is 1. The van der Waals surface area contributed by atoms with Crippen LogP contribution in [0.25, 0.3) is 0 Å². The van der Waals surface area contributed by atoms with Crippen molar-refractivity contribution in [2.75, 3.05) is 0 Å². The first-order valence-electron chi connectivity index (χ1n) is 8.25. The summed E-state index contributed by atoms with van der Waals surface area (Å²) in [5.41, 5.74) is 7.41.